The van der Waals surface area contributed by atoms with Gasteiger partial charge in [-0.3, -0.25) is 4.79 Å². The van der Waals surface area contributed by atoms with E-state index in [2.05, 4.69) is 23.5 Å². The van der Waals surface area contributed by atoms with E-state index in [0.29, 0.717) is 5.56 Å². The summed E-state index contributed by atoms with van der Waals surface area (Å²) in [4.78, 5) is 14.8. The van der Waals surface area contributed by atoms with Crippen molar-refractivity contribution >= 4 is 33.7 Å². The van der Waals surface area contributed by atoms with Crippen molar-refractivity contribution in [3.8, 4) is 0 Å². The summed E-state index contributed by atoms with van der Waals surface area (Å²) in [5, 5.41) is 6.24. The van der Waals surface area contributed by atoms with Crippen LogP contribution in [-0.2, 0) is 6.42 Å². The summed E-state index contributed by atoms with van der Waals surface area (Å²) >= 11 is 1.71. The minimum Gasteiger partial charge on any atom is -0.267 e. The number of nitrogens with one attached hydrogen (secondary N) is 1. The first-order chi connectivity index (χ1) is 11.2. The van der Waals surface area contributed by atoms with Crippen molar-refractivity contribution in [1.29, 1.82) is 0 Å². The quantitative estimate of drug-likeness (QED) is 0.553. The van der Waals surface area contributed by atoms with Crippen LogP contribution >= 0.6 is 11.3 Å². The van der Waals surface area contributed by atoms with Gasteiger partial charge >= 0.3 is 0 Å². The maximum absolute atomic E-state index is 12.4. The van der Waals surface area contributed by atoms with E-state index in [1.165, 1.54) is 4.88 Å². The molecule has 1 N–H and O–H groups in total. The molecule has 0 aliphatic heterocycles. The Labute approximate surface area is 139 Å². The standard InChI is InChI=1S/C19H18N2OS/c1-3-15-11-12-18(23-15)13(2)20-21-19(22)17-10-6-8-14-7-4-5-9-16(14)17/h4-12H,3H2,1-2H3,(H,21,22). The molecule has 116 valence electrons. The van der Waals surface area contributed by atoms with Gasteiger partial charge in [-0.1, -0.05) is 43.3 Å². The fraction of sp³-hybridized carbons (Fsp3) is 0.158. The van der Waals surface area contributed by atoms with E-state index in [1.54, 1.807) is 11.3 Å². The van der Waals surface area contributed by atoms with Crippen molar-refractivity contribution in [2.75, 3.05) is 0 Å². The number of fused-ring (bicyclic) bond motifs is 1. The highest BCUT2D eigenvalue weighted by Crippen LogP contribution is 2.19. The number of carbonyl (C=O) groups is 1. The van der Waals surface area contributed by atoms with E-state index in [4.69, 9.17) is 0 Å². The molecule has 0 spiro atoms. The van der Waals surface area contributed by atoms with E-state index in [-0.39, 0.29) is 5.91 Å². The number of aryl methyl sites for hydroxylation is 1. The summed E-state index contributed by atoms with van der Waals surface area (Å²) in [5.41, 5.74) is 4.13. The molecule has 0 fully saturated rings. The largest absolute Gasteiger partial charge is 0.272 e. The van der Waals surface area contributed by atoms with E-state index >= 15 is 0 Å². The highest BCUT2D eigenvalue weighted by atomic mass is 32.1. The molecular weight excluding hydrogens is 304 g/mol. The summed E-state index contributed by atoms with van der Waals surface area (Å²) in [6, 6.07) is 17.7. The maximum Gasteiger partial charge on any atom is 0.272 e. The Balaban J connectivity index is 1.82. The van der Waals surface area contributed by atoms with Crippen LogP contribution in [0.15, 0.2) is 59.7 Å². The minimum absolute atomic E-state index is 0.187. The average molecular weight is 322 g/mol. The summed E-state index contributed by atoms with van der Waals surface area (Å²) in [5.74, 6) is -0.187. The van der Waals surface area contributed by atoms with Crippen LogP contribution in [0.1, 0.15) is 34.0 Å². The van der Waals surface area contributed by atoms with Crippen LogP contribution in [-0.4, -0.2) is 11.6 Å². The third-order valence-corrected chi connectivity index (χ3v) is 5.06. The van der Waals surface area contributed by atoms with Gasteiger partial charge in [0, 0.05) is 10.4 Å². The lowest BCUT2D eigenvalue weighted by atomic mass is 10.0. The van der Waals surface area contributed by atoms with Crippen LogP contribution in [0.25, 0.3) is 10.8 Å². The smallest absolute Gasteiger partial charge is 0.267 e. The molecule has 0 aliphatic carbocycles. The molecule has 0 bridgehead atoms. The molecule has 2 aromatic carbocycles. The van der Waals surface area contributed by atoms with E-state index < -0.39 is 0 Å². The Hall–Kier alpha value is -2.46. The zero-order valence-electron chi connectivity index (χ0n) is 13.2. The molecule has 1 aromatic heterocycles. The Morgan fingerprint density at radius 3 is 2.65 bits per heavy atom. The van der Waals surface area contributed by atoms with Gasteiger partial charge in [0.15, 0.2) is 0 Å². The van der Waals surface area contributed by atoms with Gasteiger partial charge in [-0.05, 0) is 42.3 Å². The first kappa shape index (κ1) is 15.4. The van der Waals surface area contributed by atoms with Crippen LogP contribution in [0.4, 0.5) is 0 Å². The van der Waals surface area contributed by atoms with Crippen molar-refractivity contribution in [3.63, 3.8) is 0 Å². The second kappa shape index (κ2) is 6.75. The molecule has 0 atom stereocenters. The summed E-state index contributed by atoms with van der Waals surface area (Å²) in [6.45, 7) is 4.04. The van der Waals surface area contributed by atoms with Crippen molar-refractivity contribution < 1.29 is 4.79 Å². The first-order valence-electron chi connectivity index (χ1n) is 7.60. The topological polar surface area (TPSA) is 41.5 Å². The number of benzene rings is 2. The molecule has 4 heteroatoms. The molecule has 0 saturated carbocycles. The molecule has 3 rings (SSSR count). The number of thiophene rings is 1. The SMILES string of the molecule is CCc1ccc(C(C)=NNC(=O)c2cccc3ccccc23)s1. The van der Waals surface area contributed by atoms with Crippen LogP contribution in [0.3, 0.4) is 0 Å². The van der Waals surface area contributed by atoms with Gasteiger partial charge in [0.1, 0.15) is 0 Å². The Morgan fingerprint density at radius 1 is 1.09 bits per heavy atom. The molecule has 0 saturated heterocycles. The van der Waals surface area contributed by atoms with Gasteiger partial charge in [0.2, 0.25) is 0 Å². The highest BCUT2D eigenvalue weighted by molar-refractivity contribution is 7.14. The van der Waals surface area contributed by atoms with Gasteiger partial charge in [0.25, 0.3) is 5.91 Å². The maximum atomic E-state index is 12.4. The Bertz CT molecular complexity index is 874. The number of hydrazone groups is 1. The monoisotopic (exact) mass is 322 g/mol. The highest BCUT2D eigenvalue weighted by Gasteiger charge is 2.09. The third kappa shape index (κ3) is 3.32. The zero-order valence-corrected chi connectivity index (χ0v) is 14.0. The lowest BCUT2D eigenvalue weighted by Crippen LogP contribution is -2.19. The van der Waals surface area contributed by atoms with Crippen molar-refractivity contribution in [2.24, 2.45) is 5.10 Å². The van der Waals surface area contributed by atoms with E-state index in [0.717, 1.165) is 27.8 Å². The molecule has 1 heterocycles. The second-order valence-corrected chi connectivity index (χ2v) is 6.45. The first-order valence-corrected chi connectivity index (χ1v) is 8.42. The van der Waals surface area contributed by atoms with Crippen LogP contribution in [0.2, 0.25) is 0 Å². The molecule has 0 unspecified atom stereocenters. The number of hydrogen-bond donors (Lipinski definition) is 1. The Morgan fingerprint density at radius 2 is 1.87 bits per heavy atom. The average Bonchev–Trinajstić information content (AvgIpc) is 3.08. The molecular formula is C19H18N2OS. The van der Waals surface area contributed by atoms with Gasteiger partial charge in [-0.15, -0.1) is 11.3 Å². The zero-order chi connectivity index (χ0) is 16.2. The van der Waals surface area contributed by atoms with E-state index in [9.17, 15) is 4.79 Å². The fourth-order valence-electron chi connectivity index (χ4n) is 2.44. The van der Waals surface area contributed by atoms with Gasteiger partial charge < -0.3 is 0 Å². The van der Waals surface area contributed by atoms with Gasteiger partial charge in [-0.2, -0.15) is 5.10 Å². The summed E-state index contributed by atoms with van der Waals surface area (Å²) in [7, 11) is 0. The summed E-state index contributed by atoms with van der Waals surface area (Å²) in [6.07, 6.45) is 1.01. The normalized spacial score (nSPS) is 11.7. The molecule has 23 heavy (non-hydrogen) atoms. The minimum atomic E-state index is -0.187. The molecule has 3 aromatic rings. The van der Waals surface area contributed by atoms with Crippen molar-refractivity contribution in [3.05, 3.63) is 69.9 Å². The predicted octanol–water partition coefficient (Wildman–Crippen LogP) is 4.62. The van der Waals surface area contributed by atoms with Crippen LogP contribution in [0.5, 0.6) is 0 Å². The number of amides is 1. The molecule has 1 amide bonds. The number of nitrogens with zero attached hydrogens (tertiary/aromatic N) is 1. The predicted molar refractivity (Wildman–Crippen MR) is 97.3 cm³/mol. The Kier molecular flexibility index (Phi) is 4.53. The molecule has 0 radical (unpaired) electrons. The van der Waals surface area contributed by atoms with Crippen LogP contribution < -0.4 is 5.43 Å². The number of carbonyl (C=O) groups excluding carboxylic acids is 1. The van der Waals surface area contributed by atoms with Crippen LogP contribution in [0, 0.1) is 0 Å². The molecule has 0 aliphatic rings. The van der Waals surface area contributed by atoms with Gasteiger partial charge in [-0.25, -0.2) is 5.43 Å². The second-order valence-electron chi connectivity index (χ2n) is 5.28. The lowest BCUT2D eigenvalue weighted by Gasteiger charge is -2.05. The number of rotatable bonds is 4. The molecule has 3 nitrogen and oxygen atoms in total. The van der Waals surface area contributed by atoms with Crippen molar-refractivity contribution in [2.45, 2.75) is 20.3 Å². The lowest BCUT2D eigenvalue weighted by molar-refractivity contribution is 0.0956. The van der Waals surface area contributed by atoms with E-state index in [1.807, 2.05) is 55.5 Å². The van der Waals surface area contributed by atoms with Crippen molar-refractivity contribution in [1.82, 2.24) is 5.43 Å². The summed E-state index contributed by atoms with van der Waals surface area (Å²) < 4.78 is 0. The number of hydrogen-bond acceptors (Lipinski definition) is 3. The fourth-order valence-corrected chi connectivity index (χ4v) is 3.33. The third-order valence-electron chi connectivity index (χ3n) is 3.73. The van der Waals surface area contributed by atoms with Gasteiger partial charge in [0.05, 0.1) is 10.6 Å².